The number of aryl methyl sites for hydroxylation is 2. The topological polar surface area (TPSA) is 46.6 Å². The van der Waals surface area contributed by atoms with Crippen LogP contribution in [0.15, 0.2) is 48.5 Å². The number of anilines is 1. The van der Waals surface area contributed by atoms with Gasteiger partial charge in [-0.05, 0) is 93.1 Å². The van der Waals surface area contributed by atoms with Crippen LogP contribution in [-0.4, -0.2) is 17.5 Å². The first kappa shape index (κ1) is 26.5. The first-order chi connectivity index (χ1) is 17.3. The third-order valence-electron chi connectivity index (χ3n) is 6.46. The van der Waals surface area contributed by atoms with Gasteiger partial charge >= 0.3 is 5.97 Å². The van der Waals surface area contributed by atoms with E-state index in [0.717, 1.165) is 28.8 Å². The Labute approximate surface area is 215 Å². The van der Waals surface area contributed by atoms with Gasteiger partial charge in [0.15, 0.2) is 0 Å². The molecule has 1 amide bonds. The zero-order valence-corrected chi connectivity index (χ0v) is 21.6. The van der Waals surface area contributed by atoms with Crippen LogP contribution in [0.5, 0.6) is 0 Å². The maximum Gasteiger partial charge on any atom is 0.307 e. The fraction of sp³-hybridized carbons (Fsp3) is 0.333. The summed E-state index contributed by atoms with van der Waals surface area (Å²) >= 11 is 0. The highest BCUT2D eigenvalue weighted by molar-refractivity contribution is 6.00. The predicted molar refractivity (Wildman–Crippen MR) is 137 cm³/mol. The fourth-order valence-corrected chi connectivity index (χ4v) is 4.64. The van der Waals surface area contributed by atoms with E-state index in [9.17, 15) is 22.8 Å². The van der Waals surface area contributed by atoms with Crippen molar-refractivity contribution in [2.24, 2.45) is 5.92 Å². The van der Waals surface area contributed by atoms with Crippen molar-refractivity contribution < 1.29 is 27.5 Å². The molecule has 0 aromatic heterocycles. The summed E-state index contributed by atoms with van der Waals surface area (Å²) in [5.41, 5.74) is 3.65. The summed E-state index contributed by atoms with van der Waals surface area (Å²) in [6.45, 7) is 8.69. The van der Waals surface area contributed by atoms with Crippen molar-refractivity contribution >= 4 is 17.6 Å². The van der Waals surface area contributed by atoms with E-state index in [1.165, 1.54) is 17.0 Å². The first-order valence-corrected chi connectivity index (χ1v) is 12.2. The van der Waals surface area contributed by atoms with Gasteiger partial charge in [-0.25, -0.2) is 13.2 Å². The number of esters is 1. The van der Waals surface area contributed by atoms with E-state index in [2.05, 4.69) is 0 Å². The van der Waals surface area contributed by atoms with Gasteiger partial charge in [0.05, 0.1) is 18.9 Å². The maximum atomic E-state index is 14.5. The predicted octanol–water partition coefficient (Wildman–Crippen LogP) is 6.83. The Balaban J connectivity index is 1.77. The minimum absolute atomic E-state index is 0.124. The van der Waals surface area contributed by atoms with Crippen molar-refractivity contribution in [1.82, 2.24) is 0 Å². The molecule has 0 N–H and O–H groups in total. The number of rotatable bonds is 5. The second-order valence-electron chi connectivity index (χ2n) is 10.6. The van der Waals surface area contributed by atoms with Crippen LogP contribution in [0.1, 0.15) is 49.4 Å². The Morgan fingerprint density at radius 1 is 0.973 bits per heavy atom. The summed E-state index contributed by atoms with van der Waals surface area (Å²) < 4.78 is 47.8. The number of halogens is 3. The summed E-state index contributed by atoms with van der Waals surface area (Å²) in [7, 11) is 0. The Morgan fingerprint density at radius 3 is 2.35 bits per heavy atom. The minimum Gasteiger partial charge on any atom is -0.460 e. The van der Waals surface area contributed by atoms with Crippen molar-refractivity contribution in [2.45, 2.75) is 59.6 Å². The Kier molecular flexibility index (Phi) is 7.18. The molecule has 4 rings (SSSR count). The summed E-state index contributed by atoms with van der Waals surface area (Å²) in [4.78, 5) is 27.7. The van der Waals surface area contributed by atoms with Crippen LogP contribution in [0.2, 0.25) is 0 Å². The Morgan fingerprint density at radius 2 is 1.70 bits per heavy atom. The monoisotopic (exact) mass is 509 g/mol. The molecule has 0 radical (unpaired) electrons. The van der Waals surface area contributed by atoms with Gasteiger partial charge in [-0.15, -0.1) is 0 Å². The summed E-state index contributed by atoms with van der Waals surface area (Å²) in [5, 5.41) is 0. The number of amides is 1. The quantitative estimate of drug-likeness (QED) is 0.355. The second-order valence-corrected chi connectivity index (χ2v) is 10.6. The molecule has 1 atom stereocenters. The molecule has 1 unspecified atom stereocenters. The third kappa shape index (κ3) is 5.87. The lowest BCUT2D eigenvalue weighted by Gasteiger charge is -2.35. The van der Waals surface area contributed by atoms with Crippen LogP contribution < -0.4 is 4.90 Å². The molecular formula is C30H30F3NO3. The molecule has 1 aliphatic rings. The van der Waals surface area contributed by atoms with Gasteiger partial charge in [-0.2, -0.15) is 0 Å². The largest absolute Gasteiger partial charge is 0.460 e. The van der Waals surface area contributed by atoms with Gasteiger partial charge in [0.2, 0.25) is 5.91 Å². The molecule has 194 valence electrons. The van der Waals surface area contributed by atoms with Crippen LogP contribution in [0.4, 0.5) is 18.9 Å². The van der Waals surface area contributed by atoms with Crippen molar-refractivity contribution in [2.75, 3.05) is 4.90 Å². The average Bonchev–Trinajstić information content (AvgIpc) is 2.79. The molecule has 0 saturated carbocycles. The Bertz CT molecular complexity index is 1380. The van der Waals surface area contributed by atoms with Gasteiger partial charge in [0.1, 0.15) is 23.1 Å². The lowest BCUT2D eigenvalue weighted by Crippen LogP contribution is -2.42. The molecule has 3 aromatic carbocycles. The van der Waals surface area contributed by atoms with E-state index in [1.54, 1.807) is 33.8 Å². The molecule has 0 spiro atoms. The standard InChI is InChI=1S/C30H30F3NO3/c1-17-6-7-19(13-25(17)32)24-12-21-11-22(14-28(35)37-30(3,4)5)29(36)34(27(21)10-18(24)2)16-20-8-9-23(31)15-26(20)33/h6-10,12-13,15,22H,11,14,16H2,1-5H3. The number of ether oxygens (including phenoxy) is 1. The zero-order valence-electron chi connectivity index (χ0n) is 21.6. The van der Waals surface area contributed by atoms with Crippen LogP contribution in [0.3, 0.4) is 0 Å². The molecule has 1 aliphatic heterocycles. The highest BCUT2D eigenvalue weighted by atomic mass is 19.1. The van der Waals surface area contributed by atoms with Crippen LogP contribution in [0, 0.1) is 37.2 Å². The van der Waals surface area contributed by atoms with E-state index < -0.39 is 29.1 Å². The molecule has 3 aromatic rings. The third-order valence-corrected chi connectivity index (χ3v) is 6.46. The number of hydrogen-bond donors (Lipinski definition) is 0. The van der Waals surface area contributed by atoms with Gasteiger partial charge in [0.25, 0.3) is 0 Å². The lowest BCUT2D eigenvalue weighted by atomic mass is 9.85. The van der Waals surface area contributed by atoms with E-state index >= 15 is 0 Å². The number of carbonyl (C=O) groups is 2. The number of hydrogen-bond acceptors (Lipinski definition) is 3. The number of fused-ring (bicyclic) bond motifs is 1. The molecule has 0 saturated heterocycles. The number of nitrogens with zero attached hydrogens (tertiary/aromatic N) is 1. The molecule has 0 aliphatic carbocycles. The highest BCUT2D eigenvalue weighted by Crippen LogP contribution is 2.39. The van der Waals surface area contributed by atoms with E-state index in [1.807, 2.05) is 25.1 Å². The molecule has 1 heterocycles. The summed E-state index contributed by atoms with van der Waals surface area (Å²) in [6, 6.07) is 12.0. The molecule has 0 fully saturated rings. The molecule has 37 heavy (non-hydrogen) atoms. The van der Waals surface area contributed by atoms with Crippen LogP contribution >= 0.6 is 0 Å². The van der Waals surface area contributed by atoms with Crippen LogP contribution in [0.25, 0.3) is 11.1 Å². The second kappa shape index (κ2) is 10.0. The molecular weight excluding hydrogens is 479 g/mol. The summed E-state index contributed by atoms with van der Waals surface area (Å²) in [5.74, 6) is -3.35. The first-order valence-electron chi connectivity index (χ1n) is 12.2. The Hall–Kier alpha value is -3.61. The number of benzene rings is 3. The minimum atomic E-state index is -0.757. The van der Waals surface area contributed by atoms with Crippen LogP contribution in [-0.2, 0) is 27.3 Å². The van der Waals surface area contributed by atoms with Gasteiger partial charge in [0, 0.05) is 17.3 Å². The van der Waals surface area contributed by atoms with Gasteiger partial charge in [-0.3, -0.25) is 9.59 Å². The zero-order chi connectivity index (χ0) is 27.1. The van der Waals surface area contributed by atoms with Crippen molar-refractivity contribution in [3.05, 3.63) is 88.2 Å². The number of carbonyl (C=O) groups excluding carboxylic acids is 2. The smallest absolute Gasteiger partial charge is 0.307 e. The molecule has 0 bridgehead atoms. The summed E-state index contributed by atoms with van der Waals surface area (Å²) in [6.07, 6.45) is 0.137. The fourth-order valence-electron chi connectivity index (χ4n) is 4.64. The van der Waals surface area contributed by atoms with Gasteiger partial charge < -0.3 is 9.64 Å². The normalized spacial score (nSPS) is 15.5. The van der Waals surface area contributed by atoms with Crippen molar-refractivity contribution in [3.8, 4) is 11.1 Å². The average molecular weight is 510 g/mol. The van der Waals surface area contributed by atoms with E-state index in [4.69, 9.17) is 4.74 Å². The van der Waals surface area contributed by atoms with Crippen molar-refractivity contribution in [3.63, 3.8) is 0 Å². The van der Waals surface area contributed by atoms with E-state index in [0.29, 0.717) is 16.8 Å². The van der Waals surface area contributed by atoms with E-state index in [-0.39, 0.29) is 36.7 Å². The maximum absolute atomic E-state index is 14.5. The van der Waals surface area contributed by atoms with Crippen molar-refractivity contribution in [1.29, 1.82) is 0 Å². The lowest BCUT2D eigenvalue weighted by molar-refractivity contribution is -0.157. The molecule has 7 heteroatoms. The van der Waals surface area contributed by atoms with Gasteiger partial charge in [-0.1, -0.05) is 18.2 Å². The SMILES string of the molecule is Cc1ccc(-c2cc3c(cc2C)N(Cc2ccc(F)cc2F)C(=O)C(CC(=O)OC(C)(C)C)C3)cc1F. The molecule has 4 nitrogen and oxygen atoms in total. The highest BCUT2D eigenvalue weighted by Gasteiger charge is 2.36.